The first-order valence-electron chi connectivity index (χ1n) is 8.61. The smallest absolute Gasteiger partial charge is 0.410 e. The number of nitrogens with two attached hydrogens (primary N) is 1. The number of anilines is 1. The van der Waals surface area contributed by atoms with Crippen LogP contribution in [0.5, 0.6) is 0 Å². The SMILES string of the molecule is CN(C(=O)OC(C)(C)C)[C@@H]1CCN([C@H](c2ccc(NN)nc2)C(F)(F)F)C1. The number of alkyl halides is 3. The number of pyridine rings is 1. The van der Waals surface area contributed by atoms with Gasteiger partial charge in [0, 0.05) is 32.4 Å². The Bertz CT molecular complexity index is 645. The van der Waals surface area contributed by atoms with Crippen LogP contribution in [0.3, 0.4) is 0 Å². The van der Waals surface area contributed by atoms with Gasteiger partial charge in [0.15, 0.2) is 0 Å². The zero-order valence-corrected chi connectivity index (χ0v) is 15.9. The maximum Gasteiger partial charge on any atom is 0.410 e. The van der Waals surface area contributed by atoms with E-state index in [1.165, 1.54) is 21.9 Å². The summed E-state index contributed by atoms with van der Waals surface area (Å²) in [5, 5.41) is 0. The molecule has 0 aliphatic carbocycles. The van der Waals surface area contributed by atoms with Gasteiger partial charge in [0.2, 0.25) is 0 Å². The average Bonchev–Trinajstić information content (AvgIpc) is 3.01. The minimum Gasteiger partial charge on any atom is -0.444 e. The zero-order chi connectivity index (χ0) is 20.4. The van der Waals surface area contributed by atoms with E-state index in [-0.39, 0.29) is 30.5 Å². The number of hydrogen-bond acceptors (Lipinski definition) is 6. The standard InChI is InChI=1S/C17H26F3N5O2/c1-16(2,3)27-15(26)24(4)12-7-8-25(10-12)14(17(18,19)20)11-5-6-13(23-21)22-9-11/h5-6,9,12,14H,7-8,10,21H2,1-4H3,(H,22,23)/t12-,14-/m1/s1. The second-order valence-corrected chi connectivity index (χ2v) is 7.59. The highest BCUT2D eigenvalue weighted by atomic mass is 19.4. The van der Waals surface area contributed by atoms with Crippen LogP contribution in [0.25, 0.3) is 0 Å². The van der Waals surface area contributed by atoms with Gasteiger partial charge in [-0.15, -0.1) is 0 Å². The second kappa shape index (κ2) is 7.89. The van der Waals surface area contributed by atoms with Crippen molar-refractivity contribution in [3.05, 3.63) is 23.9 Å². The number of amides is 1. The summed E-state index contributed by atoms with van der Waals surface area (Å²) in [4.78, 5) is 18.8. The normalized spacial score (nSPS) is 19.6. The first kappa shape index (κ1) is 21.2. The maximum atomic E-state index is 13.7. The highest BCUT2D eigenvalue weighted by Gasteiger charge is 2.47. The highest BCUT2D eigenvalue weighted by molar-refractivity contribution is 5.68. The van der Waals surface area contributed by atoms with E-state index in [2.05, 4.69) is 10.4 Å². The number of halogens is 3. The Balaban J connectivity index is 2.14. The van der Waals surface area contributed by atoms with Crippen LogP contribution >= 0.6 is 0 Å². The molecule has 27 heavy (non-hydrogen) atoms. The van der Waals surface area contributed by atoms with Gasteiger partial charge in [-0.2, -0.15) is 13.2 Å². The van der Waals surface area contributed by atoms with E-state index in [9.17, 15) is 18.0 Å². The van der Waals surface area contributed by atoms with Gasteiger partial charge in [0.05, 0.1) is 0 Å². The lowest BCUT2D eigenvalue weighted by Crippen LogP contribution is -2.43. The summed E-state index contributed by atoms with van der Waals surface area (Å²) in [5.74, 6) is 5.49. The van der Waals surface area contributed by atoms with Crippen LogP contribution in [0.15, 0.2) is 18.3 Å². The number of aromatic nitrogens is 1. The second-order valence-electron chi connectivity index (χ2n) is 7.59. The van der Waals surface area contributed by atoms with Crippen molar-refractivity contribution in [1.82, 2.24) is 14.8 Å². The number of likely N-dealkylation sites (N-methyl/N-ethyl adjacent to an activating group) is 1. The van der Waals surface area contributed by atoms with Gasteiger partial charge < -0.3 is 15.1 Å². The Morgan fingerprint density at radius 2 is 2.07 bits per heavy atom. The molecule has 0 radical (unpaired) electrons. The molecule has 2 rings (SSSR count). The first-order valence-corrected chi connectivity index (χ1v) is 8.61. The predicted octanol–water partition coefficient (Wildman–Crippen LogP) is 2.91. The third-order valence-corrected chi connectivity index (χ3v) is 4.35. The van der Waals surface area contributed by atoms with E-state index in [0.717, 1.165) is 6.20 Å². The molecular formula is C17H26F3N5O2. The van der Waals surface area contributed by atoms with E-state index in [0.29, 0.717) is 6.42 Å². The van der Waals surface area contributed by atoms with Gasteiger partial charge in [0.25, 0.3) is 0 Å². The Labute approximate surface area is 156 Å². The number of hydrazine groups is 1. The number of nitrogens with one attached hydrogen (secondary N) is 1. The number of nitrogens with zero attached hydrogens (tertiary/aromatic N) is 3. The molecule has 1 aliphatic heterocycles. The van der Waals surface area contributed by atoms with Crippen LogP contribution in [0.2, 0.25) is 0 Å². The molecule has 1 fully saturated rings. The van der Waals surface area contributed by atoms with Gasteiger partial charge in [-0.05, 0) is 38.8 Å². The molecule has 7 nitrogen and oxygen atoms in total. The molecule has 1 saturated heterocycles. The summed E-state index contributed by atoms with van der Waals surface area (Å²) in [6.45, 7) is 5.53. The van der Waals surface area contributed by atoms with E-state index >= 15 is 0 Å². The Morgan fingerprint density at radius 1 is 1.41 bits per heavy atom. The van der Waals surface area contributed by atoms with Crippen molar-refractivity contribution < 1.29 is 22.7 Å². The van der Waals surface area contributed by atoms with Crippen molar-refractivity contribution in [2.75, 3.05) is 25.6 Å². The molecule has 2 heterocycles. The molecule has 1 amide bonds. The van der Waals surface area contributed by atoms with Crippen LogP contribution in [0, 0.1) is 0 Å². The minimum absolute atomic E-state index is 0.0297. The summed E-state index contributed by atoms with van der Waals surface area (Å²) >= 11 is 0. The monoisotopic (exact) mass is 389 g/mol. The molecule has 0 unspecified atom stereocenters. The number of ether oxygens (including phenoxy) is 1. The molecule has 1 aromatic rings. The molecular weight excluding hydrogens is 363 g/mol. The fraction of sp³-hybridized carbons (Fsp3) is 0.647. The van der Waals surface area contributed by atoms with Crippen molar-refractivity contribution in [1.29, 1.82) is 0 Å². The summed E-state index contributed by atoms with van der Waals surface area (Å²) in [5.41, 5.74) is 1.66. The Hall–Kier alpha value is -2.07. The molecule has 10 heteroatoms. The van der Waals surface area contributed by atoms with Gasteiger partial charge in [-0.3, -0.25) is 4.90 Å². The van der Waals surface area contributed by atoms with Crippen LogP contribution in [0.4, 0.5) is 23.8 Å². The third-order valence-electron chi connectivity index (χ3n) is 4.35. The number of hydrogen-bond donors (Lipinski definition) is 2. The van der Waals surface area contributed by atoms with Gasteiger partial charge in [0.1, 0.15) is 17.5 Å². The van der Waals surface area contributed by atoms with Crippen LogP contribution in [-0.4, -0.2) is 58.8 Å². The quantitative estimate of drug-likeness (QED) is 0.609. The van der Waals surface area contributed by atoms with Crippen LogP contribution in [0.1, 0.15) is 38.8 Å². The largest absolute Gasteiger partial charge is 0.444 e. The van der Waals surface area contributed by atoms with Crippen molar-refractivity contribution >= 4 is 11.9 Å². The number of likely N-dealkylation sites (tertiary alicyclic amines) is 1. The van der Waals surface area contributed by atoms with Gasteiger partial charge in [-0.1, -0.05) is 6.07 Å². The zero-order valence-electron chi connectivity index (χ0n) is 15.9. The number of carbonyl (C=O) groups is 1. The van der Waals surface area contributed by atoms with Gasteiger partial charge in [-0.25, -0.2) is 15.6 Å². The number of nitrogen functional groups attached to an aromatic ring is 1. The Kier molecular flexibility index (Phi) is 6.21. The van der Waals surface area contributed by atoms with Crippen molar-refractivity contribution in [2.45, 2.75) is 51.1 Å². The summed E-state index contributed by atoms with van der Waals surface area (Å²) in [6.07, 6.45) is -3.42. The van der Waals surface area contributed by atoms with Crippen molar-refractivity contribution in [3.63, 3.8) is 0 Å². The molecule has 1 aromatic heterocycles. The lowest BCUT2D eigenvalue weighted by atomic mass is 10.1. The maximum absolute atomic E-state index is 13.7. The van der Waals surface area contributed by atoms with Gasteiger partial charge >= 0.3 is 12.3 Å². The topological polar surface area (TPSA) is 83.7 Å². The lowest BCUT2D eigenvalue weighted by molar-refractivity contribution is -0.184. The summed E-state index contributed by atoms with van der Waals surface area (Å²) < 4.78 is 46.5. The number of rotatable bonds is 4. The molecule has 3 N–H and O–H groups in total. The van der Waals surface area contributed by atoms with Crippen LogP contribution < -0.4 is 11.3 Å². The van der Waals surface area contributed by atoms with Crippen LogP contribution in [-0.2, 0) is 4.74 Å². The molecule has 0 aromatic carbocycles. The fourth-order valence-corrected chi connectivity index (χ4v) is 3.06. The molecule has 0 saturated carbocycles. The summed E-state index contributed by atoms with van der Waals surface area (Å²) in [6, 6.07) is 0.594. The lowest BCUT2D eigenvalue weighted by Gasteiger charge is -2.32. The highest BCUT2D eigenvalue weighted by Crippen LogP contribution is 2.39. The Morgan fingerprint density at radius 3 is 2.56 bits per heavy atom. The van der Waals surface area contributed by atoms with E-state index in [1.807, 2.05) is 0 Å². The number of carbonyl (C=O) groups excluding carboxylic acids is 1. The molecule has 2 atom stereocenters. The average molecular weight is 389 g/mol. The molecule has 1 aliphatic rings. The fourth-order valence-electron chi connectivity index (χ4n) is 3.06. The predicted molar refractivity (Wildman–Crippen MR) is 94.8 cm³/mol. The van der Waals surface area contributed by atoms with Crippen molar-refractivity contribution in [3.8, 4) is 0 Å². The van der Waals surface area contributed by atoms with E-state index in [4.69, 9.17) is 10.6 Å². The molecule has 0 bridgehead atoms. The summed E-state index contributed by atoms with van der Waals surface area (Å²) in [7, 11) is 1.55. The third kappa shape index (κ3) is 5.46. The minimum atomic E-state index is -4.47. The van der Waals surface area contributed by atoms with Crippen molar-refractivity contribution in [2.24, 2.45) is 5.84 Å². The molecule has 0 spiro atoms. The van der Waals surface area contributed by atoms with E-state index < -0.39 is 23.9 Å². The molecule has 152 valence electrons. The van der Waals surface area contributed by atoms with E-state index in [1.54, 1.807) is 27.8 Å². The first-order chi connectivity index (χ1) is 12.4.